The van der Waals surface area contributed by atoms with Crippen LogP contribution >= 0.6 is 12.4 Å². The molecule has 0 saturated carbocycles. The molecular weight excluding hydrogens is 202 g/mol. The number of methoxy groups -OCH3 is 2. The first-order valence-corrected chi connectivity index (χ1v) is 4.30. The quantitative estimate of drug-likeness (QED) is 0.815. The van der Waals surface area contributed by atoms with E-state index in [4.69, 9.17) is 9.47 Å². The summed E-state index contributed by atoms with van der Waals surface area (Å²) < 4.78 is 10.5. The summed E-state index contributed by atoms with van der Waals surface area (Å²) in [6.45, 7) is 1.80. The molecule has 0 atom stereocenters. The fraction of sp³-hybridized carbons (Fsp3) is 0.400. The molecular formula is C10H14ClNO2. The molecule has 1 heterocycles. The Morgan fingerprint density at radius 3 is 2.57 bits per heavy atom. The van der Waals surface area contributed by atoms with E-state index >= 15 is 0 Å². The molecule has 1 aliphatic heterocycles. The Kier molecular flexibility index (Phi) is 3.61. The summed E-state index contributed by atoms with van der Waals surface area (Å²) in [5, 5.41) is 3.28. The van der Waals surface area contributed by atoms with Crippen LogP contribution in [0.3, 0.4) is 0 Å². The highest BCUT2D eigenvalue weighted by Gasteiger charge is 2.18. The van der Waals surface area contributed by atoms with Crippen LogP contribution in [0.1, 0.15) is 11.1 Å². The van der Waals surface area contributed by atoms with E-state index in [1.807, 2.05) is 6.07 Å². The first kappa shape index (κ1) is 11.1. The van der Waals surface area contributed by atoms with Gasteiger partial charge in [0, 0.05) is 18.7 Å². The SMILES string of the molecule is COc1ccc2c(c1OC)CNC2.Cl. The molecule has 2 rings (SSSR count). The number of nitrogens with one attached hydrogen (secondary N) is 1. The molecule has 0 aliphatic carbocycles. The minimum Gasteiger partial charge on any atom is -0.493 e. The number of hydrogen-bond acceptors (Lipinski definition) is 3. The van der Waals surface area contributed by atoms with Gasteiger partial charge in [0.15, 0.2) is 11.5 Å². The standard InChI is InChI=1S/C10H13NO2.ClH/c1-12-9-4-3-7-5-11-6-8(7)10(9)13-2;/h3-4,11H,5-6H2,1-2H3;1H. The van der Waals surface area contributed by atoms with Crippen molar-refractivity contribution in [2.45, 2.75) is 13.1 Å². The Hall–Kier alpha value is -0.930. The van der Waals surface area contributed by atoms with Gasteiger partial charge in [-0.15, -0.1) is 12.4 Å². The van der Waals surface area contributed by atoms with Crippen LogP contribution in [0.5, 0.6) is 11.5 Å². The third kappa shape index (κ3) is 1.65. The summed E-state index contributed by atoms with van der Waals surface area (Å²) in [5.74, 6) is 1.68. The van der Waals surface area contributed by atoms with Gasteiger partial charge < -0.3 is 14.8 Å². The molecule has 0 amide bonds. The lowest BCUT2D eigenvalue weighted by molar-refractivity contribution is 0.352. The lowest BCUT2D eigenvalue weighted by Crippen LogP contribution is -2.00. The van der Waals surface area contributed by atoms with Crippen molar-refractivity contribution >= 4 is 12.4 Å². The van der Waals surface area contributed by atoms with Crippen molar-refractivity contribution in [3.05, 3.63) is 23.3 Å². The number of halogens is 1. The molecule has 1 N–H and O–H groups in total. The molecule has 0 radical (unpaired) electrons. The molecule has 1 aromatic rings. The number of rotatable bonds is 2. The largest absolute Gasteiger partial charge is 0.493 e. The second-order valence-electron chi connectivity index (χ2n) is 3.04. The van der Waals surface area contributed by atoms with Crippen LogP contribution in [0.25, 0.3) is 0 Å². The molecule has 4 heteroatoms. The molecule has 0 aromatic heterocycles. The van der Waals surface area contributed by atoms with E-state index in [0.717, 1.165) is 24.6 Å². The summed E-state index contributed by atoms with van der Waals surface area (Å²) in [4.78, 5) is 0. The lowest BCUT2D eigenvalue weighted by Gasteiger charge is -2.10. The summed E-state index contributed by atoms with van der Waals surface area (Å²) in [5.41, 5.74) is 2.53. The van der Waals surface area contributed by atoms with Gasteiger partial charge in [-0.25, -0.2) is 0 Å². The zero-order valence-corrected chi connectivity index (χ0v) is 9.11. The van der Waals surface area contributed by atoms with E-state index in [1.165, 1.54) is 11.1 Å². The van der Waals surface area contributed by atoms with Gasteiger partial charge in [-0.3, -0.25) is 0 Å². The van der Waals surface area contributed by atoms with Crippen molar-refractivity contribution in [2.75, 3.05) is 14.2 Å². The average Bonchev–Trinajstić information content (AvgIpc) is 2.63. The monoisotopic (exact) mass is 215 g/mol. The number of fused-ring (bicyclic) bond motifs is 1. The van der Waals surface area contributed by atoms with Crippen molar-refractivity contribution in [1.29, 1.82) is 0 Å². The van der Waals surface area contributed by atoms with E-state index in [0.29, 0.717) is 0 Å². The van der Waals surface area contributed by atoms with Crippen molar-refractivity contribution < 1.29 is 9.47 Å². The summed E-state index contributed by atoms with van der Waals surface area (Å²) in [7, 11) is 3.34. The van der Waals surface area contributed by atoms with Crippen LogP contribution in [-0.4, -0.2) is 14.2 Å². The molecule has 0 spiro atoms. The molecule has 0 bridgehead atoms. The maximum absolute atomic E-state index is 5.31. The van der Waals surface area contributed by atoms with Crippen LogP contribution in [0, 0.1) is 0 Å². The third-order valence-corrected chi connectivity index (χ3v) is 2.36. The summed E-state index contributed by atoms with van der Waals surface area (Å²) in [6.07, 6.45) is 0. The van der Waals surface area contributed by atoms with Gasteiger partial charge in [0.25, 0.3) is 0 Å². The maximum atomic E-state index is 5.31. The van der Waals surface area contributed by atoms with Gasteiger partial charge in [-0.1, -0.05) is 6.07 Å². The highest BCUT2D eigenvalue weighted by Crippen LogP contribution is 2.35. The second kappa shape index (κ2) is 4.53. The van der Waals surface area contributed by atoms with Crippen LogP contribution in [-0.2, 0) is 13.1 Å². The molecule has 0 unspecified atom stereocenters. The normalized spacial score (nSPS) is 13.0. The maximum Gasteiger partial charge on any atom is 0.165 e. The number of ether oxygens (including phenoxy) is 2. The zero-order valence-electron chi connectivity index (χ0n) is 8.29. The average molecular weight is 216 g/mol. The van der Waals surface area contributed by atoms with E-state index in [9.17, 15) is 0 Å². The van der Waals surface area contributed by atoms with E-state index in [-0.39, 0.29) is 12.4 Å². The second-order valence-corrected chi connectivity index (χ2v) is 3.04. The van der Waals surface area contributed by atoms with Gasteiger partial charge in [0.05, 0.1) is 14.2 Å². The number of benzene rings is 1. The topological polar surface area (TPSA) is 30.5 Å². The van der Waals surface area contributed by atoms with Crippen LogP contribution in [0.2, 0.25) is 0 Å². The fourth-order valence-electron chi connectivity index (χ4n) is 1.71. The summed E-state index contributed by atoms with van der Waals surface area (Å²) in [6, 6.07) is 4.03. The van der Waals surface area contributed by atoms with Gasteiger partial charge in [-0.2, -0.15) is 0 Å². The predicted octanol–water partition coefficient (Wildman–Crippen LogP) is 1.73. The molecule has 0 fully saturated rings. The molecule has 1 aliphatic rings. The van der Waals surface area contributed by atoms with Gasteiger partial charge in [0.2, 0.25) is 0 Å². The summed E-state index contributed by atoms with van der Waals surface area (Å²) >= 11 is 0. The van der Waals surface area contributed by atoms with Crippen LogP contribution < -0.4 is 14.8 Å². The minimum atomic E-state index is 0. The van der Waals surface area contributed by atoms with Crippen molar-refractivity contribution in [1.82, 2.24) is 5.32 Å². The first-order chi connectivity index (χ1) is 6.36. The smallest absolute Gasteiger partial charge is 0.165 e. The molecule has 3 nitrogen and oxygen atoms in total. The van der Waals surface area contributed by atoms with E-state index < -0.39 is 0 Å². The van der Waals surface area contributed by atoms with Gasteiger partial charge >= 0.3 is 0 Å². The number of hydrogen-bond donors (Lipinski definition) is 1. The van der Waals surface area contributed by atoms with Gasteiger partial charge in [0.1, 0.15) is 0 Å². The van der Waals surface area contributed by atoms with Crippen molar-refractivity contribution in [3.63, 3.8) is 0 Å². The Bertz CT molecular complexity index is 328. The highest BCUT2D eigenvalue weighted by atomic mass is 35.5. The van der Waals surface area contributed by atoms with Crippen LogP contribution in [0.15, 0.2) is 12.1 Å². The van der Waals surface area contributed by atoms with Gasteiger partial charge in [-0.05, 0) is 11.6 Å². The first-order valence-electron chi connectivity index (χ1n) is 4.30. The van der Waals surface area contributed by atoms with Crippen LogP contribution in [0.4, 0.5) is 0 Å². The van der Waals surface area contributed by atoms with E-state index in [1.54, 1.807) is 14.2 Å². The highest BCUT2D eigenvalue weighted by molar-refractivity contribution is 5.85. The molecule has 14 heavy (non-hydrogen) atoms. The predicted molar refractivity (Wildman–Crippen MR) is 57.3 cm³/mol. The third-order valence-electron chi connectivity index (χ3n) is 2.36. The molecule has 78 valence electrons. The lowest BCUT2D eigenvalue weighted by atomic mass is 10.1. The van der Waals surface area contributed by atoms with Crippen molar-refractivity contribution in [3.8, 4) is 11.5 Å². The van der Waals surface area contributed by atoms with Crippen molar-refractivity contribution in [2.24, 2.45) is 0 Å². The Morgan fingerprint density at radius 1 is 1.14 bits per heavy atom. The Morgan fingerprint density at radius 2 is 1.93 bits per heavy atom. The Balaban J connectivity index is 0.000000980. The Labute approximate surface area is 89.8 Å². The molecule has 1 aromatic carbocycles. The van der Waals surface area contributed by atoms with E-state index in [2.05, 4.69) is 11.4 Å². The zero-order chi connectivity index (χ0) is 9.26. The fourth-order valence-corrected chi connectivity index (χ4v) is 1.71. The molecule has 0 saturated heterocycles. The minimum absolute atomic E-state index is 0.